The van der Waals surface area contributed by atoms with Gasteiger partial charge in [-0.15, -0.1) is 0 Å². The number of ether oxygens (including phenoxy) is 2. The van der Waals surface area contributed by atoms with Gasteiger partial charge < -0.3 is 14.6 Å². The molecule has 0 heterocycles. The van der Waals surface area contributed by atoms with Crippen LogP contribution in [-0.4, -0.2) is 25.6 Å². The topological polar surface area (TPSA) is 38.7 Å². The van der Waals surface area contributed by atoms with Crippen LogP contribution in [0.4, 0.5) is 0 Å². The lowest BCUT2D eigenvalue weighted by molar-refractivity contribution is -0.0621. The first-order valence-electron chi connectivity index (χ1n) is 4.24. The van der Waals surface area contributed by atoms with Crippen LogP contribution in [0.5, 0.6) is 0 Å². The fraction of sp³-hybridized carbons (Fsp3) is 0.400. The van der Waals surface area contributed by atoms with Crippen molar-refractivity contribution < 1.29 is 14.6 Å². The van der Waals surface area contributed by atoms with Crippen molar-refractivity contribution in [2.45, 2.75) is 6.10 Å². The molecule has 78 valence electrons. The first kappa shape index (κ1) is 11.5. The Morgan fingerprint density at radius 3 is 2.57 bits per heavy atom. The average Bonchev–Trinajstić information content (AvgIpc) is 2.19. The quantitative estimate of drug-likeness (QED) is 0.605. The van der Waals surface area contributed by atoms with E-state index in [-0.39, 0.29) is 13.4 Å². The van der Waals surface area contributed by atoms with Gasteiger partial charge in [0, 0.05) is 12.1 Å². The SMILES string of the molecule is COCOCC(O)c1ccc(Cl)cc1. The monoisotopic (exact) mass is 216 g/mol. The molecular formula is C10H13ClO3. The second-order valence-corrected chi connectivity index (χ2v) is 3.28. The van der Waals surface area contributed by atoms with Gasteiger partial charge in [0.15, 0.2) is 0 Å². The number of methoxy groups -OCH3 is 1. The van der Waals surface area contributed by atoms with Crippen molar-refractivity contribution in [1.29, 1.82) is 0 Å². The van der Waals surface area contributed by atoms with Crippen LogP contribution < -0.4 is 0 Å². The molecule has 0 aliphatic rings. The van der Waals surface area contributed by atoms with Gasteiger partial charge in [-0.05, 0) is 17.7 Å². The summed E-state index contributed by atoms with van der Waals surface area (Å²) in [7, 11) is 1.54. The first-order chi connectivity index (χ1) is 6.74. The number of halogens is 1. The number of benzene rings is 1. The summed E-state index contributed by atoms with van der Waals surface area (Å²) in [5.74, 6) is 0. The van der Waals surface area contributed by atoms with Crippen LogP contribution in [0.15, 0.2) is 24.3 Å². The van der Waals surface area contributed by atoms with Gasteiger partial charge in [0.1, 0.15) is 12.9 Å². The smallest absolute Gasteiger partial charge is 0.146 e. The molecule has 0 aliphatic heterocycles. The summed E-state index contributed by atoms with van der Waals surface area (Å²) in [5.41, 5.74) is 0.783. The molecule has 1 unspecified atom stereocenters. The summed E-state index contributed by atoms with van der Waals surface area (Å²) in [6.45, 7) is 0.403. The minimum Gasteiger partial charge on any atom is -0.386 e. The van der Waals surface area contributed by atoms with E-state index in [0.29, 0.717) is 5.02 Å². The predicted molar refractivity (Wildman–Crippen MR) is 54.2 cm³/mol. The van der Waals surface area contributed by atoms with E-state index in [1.165, 1.54) is 7.11 Å². The minimum atomic E-state index is -0.637. The lowest BCUT2D eigenvalue weighted by Gasteiger charge is -2.10. The first-order valence-corrected chi connectivity index (χ1v) is 4.62. The summed E-state index contributed by atoms with van der Waals surface area (Å²) < 4.78 is 9.72. The Balaban J connectivity index is 2.43. The maximum absolute atomic E-state index is 9.61. The van der Waals surface area contributed by atoms with E-state index in [4.69, 9.17) is 21.1 Å². The number of aliphatic hydroxyl groups is 1. The Bertz CT molecular complexity index is 261. The molecule has 0 spiro atoms. The van der Waals surface area contributed by atoms with Crippen molar-refractivity contribution in [3.8, 4) is 0 Å². The van der Waals surface area contributed by atoms with Crippen LogP contribution in [-0.2, 0) is 9.47 Å². The highest BCUT2D eigenvalue weighted by molar-refractivity contribution is 6.30. The average molecular weight is 217 g/mol. The zero-order valence-electron chi connectivity index (χ0n) is 7.94. The molecular weight excluding hydrogens is 204 g/mol. The summed E-state index contributed by atoms with van der Waals surface area (Å²) >= 11 is 5.71. The third-order valence-corrected chi connectivity index (χ3v) is 1.98. The fourth-order valence-electron chi connectivity index (χ4n) is 1.02. The molecule has 1 N–H and O–H groups in total. The van der Waals surface area contributed by atoms with Crippen LogP contribution in [0.3, 0.4) is 0 Å². The molecule has 0 bridgehead atoms. The normalized spacial score (nSPS) is 12.8. The van der Waals surface area contributed by atoms with Crippen LogP contribution in [0.2, 0.25) is 5.02 Å². The highest BCUT2D eigenvalue weighted by atomic mass is 35.5. The van der Waals surface area contributed by atoms with Gasteiger partial charge in [-0.1, -0.05) is 23.7 Å². The molecule has 1 aromatic carbocycles. The van der Waals surface area contributed by atoms with Crippen molar-refractivity contribution in [3.05, 3.63) is 34.9 Å². The van der Waals surface area contributed by atoms with Crippen LogP contribution in [0.25, 0.3) is 0 Å². The molecule has 1 aromatic rings. The molecule has 0 aromatic heterocycles. The van der Waals surface area contributed by atoms with E-state index in [1.54, 1.807) is 24.3 Å². The van der Waals surface area contributed by atoms with Crippen LogP contribution in [0, 0.1) is 0 Å². The number of rotatable bonds is 5. The van der Waals surface area contributed by atoms with E-state index >= 15 is 0 Å². The minimum absolute atomic E-state index is 0.185. The second-order valence-electron chi connectivity index (χ2n) is 2.84. The molecule has 0 fully saturated rings. The zero-order chi connectivity index (χ0) is 10.4. The largest absolute Gasteiger partial charge is 0.386 e. The lowest BCUT2D eigenvalue weighted by Crippen LogP contribution is -2.08. The molecule has 1 rings (SSSR count). The number of hydrogen-bond acceptors (Lipinski definition) is 3. The van der Waals surface area contributed by atoms with Crippen molar-refractivity contribution in [2.24, 2.45) is 0 Å². The molecule has 0 aliphatic carbocycles. The highest BCUT2D eigenvalue weighted by Crippen LogP contribution is 2.16. The molecule has 0 saturated heterocycles. The standard InChI is InChI=1S/C10H13ClO3/c1-13-7-14-6-10(12)8-2-4-9(11)5-3-8/h2-5,10,12H,6-7H2,1H3. The van der Waals surface area contributed by atoms with E-state index in [1.807, 2.05) is 0 Å². The third-order valence-electron chi connectivity index (χ3n) is 1.73. The molecule has 1 atom stereocenters. The van der Waals surface area contributed by atoms with Gasteiger partial charge in [-0.3, -0.25) is 0 Å². The summed E-state index contributed by atoms with van der Waals surface area (Å²) in [6.07, 6.45) is -0.637. The van der Waals surface area contributed by atoms with Gasteiger partial charge in [-0.2, -0.15) is 0 Å². The van der Waals surface area contributed by atoms with Crippen molar-refractivity contribution in [3.63, 3.8) is 0 Å². The Hall–Kier alpha value is -0.610. The summed E-state index contributed by atoms with van der Waals surface area (Å²) in [5, 5.41) is 10.3. The van der Waals surface area contributed by atoms with Crippen molar-refractivity contribution >= 4 is 11.6 Å². The number of hydrogen-bond donors (Lipinski definition) is 1. The van der Waals surface area contributed by atoms with E-state index in [2.05, 4.69) is 0 Å². The summed E-state index contributed by atoms with van der Waals surface area (Å²) in [6, 6.07) is 7.00. The predicted octanol–water partition coefficient (Wildman–Crippen LogP) is 1.99. The maximum atomic E-state index is 9.61. The maximum Gasteiger partial charge on any atom is 0.146 e. The van der Waals surface area contributed by atoms with Gasteiger partial charge in [-0.25, -0.2) is 0 Å². The molecule has 0 radical (unpaired) electrons. The van der Waals surface area contributed by atoms with Crippen molar-refractivity contribution in [1.82, 2.24) is 0 Å². The molecule has 3 nitrogen and oxygen atoms in total. The Morgan fingerprint density at radius 2 is 2.00 bits per heavy atom. The van der Waals surface area contributed by atoms with Gasteiger partial charge in [0.05, 0.1) is 6.61 Å². The highest BCUT2D eigenvalue weighted by Gasteiger charge is 2.06. The van der Waals surface area contributed by atoms with Crippen molar-refractivity contribution in [2.75, 3.05) is 20.5 Å². The van der Waals surface area contributed by atoms with E-state index < -0.39 is 6.10 Å². The molecule has 4 heteroatoms. The summed E-state index contributed by atoms with van der Waals surface area (Å²) in [4.78, 5) is 0. The third kappa shape index (κ3) is 3.64. The van der Waals surface area contributed by atoms with E-state index in [0.717, 1.165) is 5.56 Å². The molecule has 0 saturated carbocycles. The lowest BCUT2D eigenvalue weighted by atomic mass is 10.1. The van der Waals surface area contributed by atoms with Crippen LogP contribution >= 0.6 is 11.6 Å². The van der Waals surface area contributed by atoms with Gasteiger partial charge >= 0.3 is 0 Å². The Kier molecular flexibility index (Phi) is 4.90. The Morgan fingerprint density at radius 1 is 1.36 bits per heavy atom. The van der Waals surface area contributed by atoms with Gasteiger partial charge in [0.25, 0.3) is 0 Å². The van der Waals surface area contributed by atoms with Crippen LogP contribution in [0.1, 0.15) is 11.7 Å². The van der Waals surface area contributed by atoms with E-state index in [9.17, 15) is 5.11 Å². The number of aliphatic hydroxyl groups excluding tert-OH is 1. The second kappa shape index (κ2) is 5.98. The Labute approximate surface area is 88.2 Å². The molecule has 0 amide bonds. The fourth-order valence-corrected chi connectivity index (χ4v) is 1.15. The van der Waals surface area contributed by atoms with Gasteiger partial charge in [0.2, 0.25) is 0 Å². The molecule has 14 heavy (non-hydrogen) atoms. The zero-order valence-corrected chi connectivity index (χ0v) is 8.70.